The van der Waals surface area contributed by atoms with Gasteiger partial charge in [0.2, 0.25) is 5.91 Å². The molecule has 2 rings (SSSR count). The van der Waals surface area contributed by atoms with Crippen molar-refractivity contribution in [3.8, 4) is 11.5 Å². The van der Waals surface area contributed by atoms with Crippen molar-refractivity contribution in [3.63, 3.8) is 0 Å². The van der Waals surface area contributed by atoms with Crippen LogP contribution in [0, 0.1) is 0 Å². The summed E-state index contributed by atoms with van der Waals surface area (Å²) in [5.41, 5.74) is 1.45. The molecule has 146 valence electrons. The molecule has 7 heteroatoms. The average Bonchev–Trinajstić information content (AvgIpc) is 2.70. The molecule has 1 aromatic rings. The minimum Gasteiger partial charge on any atom is -0.493 e. The lowest BCUT2D eigenvalue weighted by atomic mass is 10.1. The summed E-state index contributed by atoms with van der Waals surface area (Å²) in [5, 5.41) is 3.95. The Bertz CT molecular complexity index is 720. The van der Waals surface area contributed by atoms with Crippen molar-refractivity contribution < 1.29 is 19.1 Å². The molecular weight excluding hydrogens is 346 g/mol. The van der Waals surface area contributed by atoms with Crippen LogP contribution in [0.3, 0.4) is 0 Å². The third-order valence-corrected chi connectivity index (χ3v) is 4.26. The van der Waals surface area contributed by atoms with Gasteiger partial charge in [0.1, 0.15) is 12.8 Å². The van der Waals surface area contributed by atoms with Gasteiger partial charge in [-0.1, -0.05) is 17.3 Å². The van der Waals surface area contributed by atoms with Crippen molar-refractivity contribution in [1.29, 1.82) is 0 Å². The molecule has 27 heavy (non-hydrogen) atoms. The van der Waals surface area contributed by atoms with E-state index in [4.69, 9.17) is 14.3 Å². The third-order valence-electron chi connectivity index (χ3n) is 4.26. The van der Waals surface area contributed by atoms with Gasteiger partial charge in [0.05, 0.1) is 14.2 Å². The van der Waals surface area contributed by atoms with Gasteiger partial charge in [0, 0.05) is 32.3 Å². The summed E-state index contributed by atoms with van der Waals surface area (Å²) >= 11 is 0. The van der Waals surface area contributed by atoms with E-state index in [-0.39, 0.29) is 5.91 Å². The van der Waals surface area contributed by atoms with Crippen molar-refractivity contribution in [1.82, 2.24) is 9.80 Å². The highest BCUT2D eigenvalue weighted by atomic mass is 16.6. The van der Waals surface area contributed by atoms with E-state index >= 15 is 0 Å². The lowest BCUT2D eigenvalue weighted by molar-refractivity contribution is -0.127. The number of benzene rings is 1. The molecule has 0 spiro atoms. The summed E-state index contributed by atoms with van der Waals surface area (Å²) in [7, 11) is 6.72. The second-order valence-electron chi connectivity index (χ2n) is 6.11. The standard InChI is InChI=1S/C20H27N3O4/c1-22-11-13-23(14-12-22)20(24)10-8-17(21-27-4)7-5-16-6-9-18(25-2)19(15-16)26-3/h5-10,15H,11-14H2,1-4H3/b7-5+,10-8+,21-17?. The molecule has 0 atom stereocenters. The Hall–Kier alpha value is -2.80. The average molecular weight is 373 g/mol. The summed E-state index contributed by atoms with van der Waals surface area (Å²) < 4.78 is 10.5. The van der Waals surface area contributed by atoms with E-state index in [9.17, 15) is 4.79 Å². The predicted molar refractivity (Wildman–Crippen MR) is 106 cm³/mol. The maximum Gasteiger partial charge on any atom is 0.246 e. The van der Waals surface area contributed by atoms with Crippen LogP contribution >= 0.6 is 0 Å². The van der Waals surface area contributed by atoms with Crippen LogP contribution < -0.4 is 9.47 Å². The number of allylic oxidation sites excluding steroid dienone is 2. The van der Waals surface area contributed by atoms with Gasteiger partial charge < -0.3 is 24.1 Å². The fraction of sp³-hybridized carbons (Fsp3) is 0.400. The first-order chi connectivity index (χ1) is 13.1. The number of nitrogens with zero attached hydrogens (tertiary/aromatic N) is 3. The van der Waals surface area contributed by atoms with Crippen LogP contribution in [0.15, 0.2) is 41.6 Å². The fourth-order valence-electron chi connectivity index (χ4n) is 2.65. The molecule has 1 aromatic carbocycles. The van der Waals surface area contributed by atoms with E-state index in [0.717, 1.165) is 31.7 Å². The van der Waals surface area contributed by atoms with Gasteiger partial charge in [-0.05, 0) is 36.9 Å². The van der Waals surface area contributed by atoms with Crippen molar-refractivity contribution >= 4 is 17.7 Å². The zero-order valence-corrected chi connectivity index (χ0v) is 16.3. The Morgan fingerprint density at radius 1 is 1.00 bits per heavy atom. The number of carbonyl (C=O) groups excluding carboxylic acids is 1. The quantitative estimate of drug-likeness (QED) is 0.416. The Kier molecular flexibility index (Phi) is 7.88. The molecule has 7 nitrogen and oxygen atoms in total. The molecule has 0 bridgehead atoms. The number of likely N-dealkylation sites (N-methyl/N-ethyl adjacent to an activating group) is 1. The molecule has 1 amide bonds. The van der Waals surface area contributed by atoms with E-state index in [2.05, 4.69) is 17.1 Å². The lowest BCUT2D eigenvalue weighted by Gasteiger charge is -2.31. The maximum atomic E-state index is 12.3. The Labute approximate surface area is 160 Å². The molecule has 1 heterocycles. The first-order valence-corrected chi connectivity index (χ1v) is 8.74. The van der Waals surface area contributed by atoms with Gasteiger partial charge in [-0.25, -0.2) is 0 Å². The van der Waals surface area contributed by atoms with E-state index in [1.165, 1.54) is 13.2 Å². The zero-order chi connectivity index (χ0) is 19.6. The van der Waals surface area contributed by atoms with Crippen LogP contribution in [0.25, 0.3) is 6.08 Å². The first-order valence-electron chi connectivity index (χ1n) is 8.74. The van der Waals surface area contributed by atoms with Crippen molar-refractivity contribution in [2.24, 2.45) is 5.16 Å². The van der Waals surface area contributed by atoms with Crippen molar-refractivity contribution in [2.75, 3.05) is 54.6 Å². The molecule has 1 saturated heterocycles. The second kappa shape index (κ2) is 10.4. The molecule has 0 aliphatic carbocycles. The summed E-state index contributed by atoms with van der Waals surface area (Å²) in [6.07, 6.45) is 6.83. The van der Waals surface area contributed by atoms with Crippen LogP contribution in [0.5, 0.6) is 11.5 Å². The highest BCUT2D eigenvalue weighted by Crippen LogP contribution is 2.27. The Balaban J connectivity index is 2.05. The smallest absolute Gasteiger partial charge is 0.246 e. The predicted octanol–water partition coefficient (Wildman–Crippen LogP) is 2.05. The number of methoxy groups -OCH3 is 2. The number of hydrogen-bond acceptors (Lipinski definition) is 6. The minimum atomic E-state index is -0.0218. The Morgan fingerprint density at radius 3 is 2.33 bits per heavy atom. The van der Waals surface area contributed by atoms with Gasteiger partial charge in [-0.15, -0.1) is 0 Å². The summed E-state index contributed by atoms with van der Waals surface area (Å²) in [4.78, 5) is 21.2. The van der Waals surface area contributed by atoms with Crippen molar-refractivity contribution in [2.45, 2.75) is 0 Å². The number of ether oxygens (including phenoxy) is 2. The summed E-state index contributed by atoms with van der Waals surface area (Å²) in [6.45, 7) is 3.24. The zero-order valence-electron chi connectivity index (χ0n) is 16.3. The molecular formula is C20H27N3O4. The molecule has 0 unspecified atom stereocenters. The fourth-order valence-corrected chi connectivity index (χ4v) is 2.65. The van der Waals surface area contributed by atoms with Gasteiger partial charge in [-0.2, -0.15) is 0 Å². The topological polar surface area (TPSA) is 63.6 Å². The molecule has 0 saturated carbocycles. The summed E-state index contributed by atoms with van der Waals surface area (Å²) in [6, 6.07) is 5.60. The van der Waals surface area contributed by atoms with E-state index in [1.807, 2.05) is 29.2 Å². The monoisotopic (exact) mass is 373 g/mol. The number of oxime groups is 1. The van der Waals surface area contributed by atoms with E-state index in [0.29, 0.717) is 17.2 Å². The number of rotatable bonds is 7. The van der Waals surface area contributed by atoms with Crippen LogP contribution in [-0.4, -0.2) is 76.0 Å². The van der Waals surface area contributed by atoms with Crippen LogP contribution in [0.2, 0.25) is 0 Å². The van der Waals surface area contributed by atoms with Gasteiger partial charge in [0.15, 0.2) is 11.5 Å². The number of carbonyl (C=O) groups is 1. The Morgan fingerprint density at radius 2 is 1.70 bits per heavy atom. The normalized spacial score (nSPS) is 16.1. The van der Waals surface area contributed by atoms with Gasteiger partial charge in [-0.3, -0.25) is 4.79 Å². The highest BCUT2D eigenvalue weighted by molar-refractivity contribution is 6.09. The van der Waals surface area contributed by atoms with Crippen LogP contribution in [-0.2, 0) is 9.63 Å². The minimum absolute atomic E-state index is 0.0218. The largest absolute Gasteiger partial charge is 0.493 e. The van der Waals surface area contributed by atoms with Crippen LogP contribution in [0.1, 0.15) is 5.56 Å². The first kappa shape index (κ1) is 20.5. The van der Waals surface area contributed by atoms with E-state index in [1.54, 1.807) is 26.4 Å². The molecule has 0 N–H and O–H groups in total. The van der Waals surface area contributed by atoms with Gasteiger partial charge in [0.25, 0.3) is 0 Å². The molecule has 1 aliphatic rings. The molecule has 0 aromatic heterocycles. The number of piperazine rings is 1. The molecule has 1 aliphatic heterocycles. The molecule has 1 fully saturated rings. The molecule has 0 radical (unpaired) electrons. The second-order valence-corrected chi connectivity index (χ2v) is 6.11. The van der Waals surface area contributed by atoms with Crippen LogP contribution in [0.4, 0.5) is 0 Å². The van der Waals surface area contributed by atoms with Crippen molar-refractivity contribution in [3.05, 3.63) is 42.0 Å². The SMILES string of the molecule is CON=C(/C=C/C(=O)N1CCN(C)CC1)/C=C/c1ccc(OC)c(OC)c1. The van der Waals surface area contributed by atoms with E-state index < -0.39 is 0 Å². The van der Waals surface area contributed by atoms with Gasteiger partial charge >= 0.3 is 0 Å². The summed E-state index contributed by atoms with van der Waals surface area (Å²) in [5.74, 6) is 1.29. The third kappa shape index (κ3) is 6.14. The maximum absolute atomic E-state index is 12.3. The lowest BCUT2D eigenvalue weighted by Crippen LogP contribution is -2.46. The number of hydrogen-bond donors (Lipinski definition) is 0. The highest BCUT2D eigenvalue weighted by Gasteiger charge is 2.16. The number of amides is 1.